The average Bonchev–Trinajstić information content (AvgIpc) is 3.08. The van der Waals surface area contributed by atoms with Crippen molar-refractivity contribution in [2.45, 2.75) is 57.0 Å². The normalized spacial score (nSPS) is 12.3. The van der Waals surface area contributed by atoms with Crippen LogP contribution in [0, 0.1) is 6.92 Å². The highest BCUT2D eigenvalue weighted by Gasteiger charge is 2.22. The minimum atomic E-state index is -0.373. The third-order valence-corrected chi connectivity index (χ3v) is 4.60. The molecule has 8 nitrogen and oxygen atoms in total. The van der Waals surface area contributed by atoms with Gasteiger partial charge in [0.05, 0.1) is 5.25 Å². The number of carbonyl (C=O) groups is 1. The summed E-state index contributed by atoms with van der Waals surface area (Å²) in [5.41, 5.74) is -0.247. The number of aromatic nitrogens is 4. The van der Waals surface area contributed by atoms with Gasteiger partial charge in [0.15, 0.2) is 11.0 Å². The van der Waals surface area contributed by atoms with Crippen LogP contribution in [0.15, 0.2) is 20.5 Å². The highest BCUT2D eigenvalue weighted by Crippen LogP contribution is 2.24. The molecule has 2 heterocycles. The Morgan fingerprint density at radius 3 is 2.91 bits per heavy atom. The van der Waals surface area contributed by atoms with E-state index in [1.54, 1.807) is 17.6 Å². The zero-order valence-electron chi connectivity index (χ0n) is 13.5. The minimum Gasteiger partial charge on any atom is -0.360 e. The van der Waals surface area contributed by atoms with E-state index in [4.69, 9.17) is 4.52 Å². The first kappa shape index (κ1) is 17.3. The van der Waals surface area contributed by atoms with Crippen molar-refractivity contribution >= 4 is 23.5 Å². The summed E-state index contributed by atoms with van der Waals surface area (Å²) in [6.45, 7) is 6.31. The molecule has 0 aliphatic heterocycles. The molecule has 0 saturated carbocycles. The Bertz CT molecular complexity index is 705. The number of nitrogens with zero attached hydrogens (tertiary/aromatic N) is 3. The number of unbranched alkanes of at least 4 members (excludes halogenated alkanes) is 1. The van der Waals surface area contributed by atoms with Crippen LogP contribution in [0.5, 0.6) is 0 Å². The van der Waals surface area contributed by atoms with Gasteiger partial charge in [0, 0.05) is 12.6 Å². The zero-order chi connectivity index (χ0) is 16.8. The molecule has 0 unspecified atom stereocenters. The number of anilines is 1. The predicted molar refractivity (Wildman–Crippen MR) is 87.6 cm³/mol. The lowest BCUT2D eigenvalue weighted by Gasteiger charge is -2.13. The van der Waals surface area contributed by atoms with Crippen molar-refractivity contribution in [3.8, 4) is 0 Å². The van der Waals surface area contributed by atoms with Crippen LogP contribution in [0.4, 0.5) is 5.82 Å². The smallest absolute Gasteiger partial charge is 0.343 e. The van der Waals surface area contributed by atoms with E-state index in [1.807, 2.05) is 6.92 Å². The molecule has 9 heteroatoms. The highest BCUT2D eigenvalue weighted by atomic mass is 32.2. The first-order chi connectivity index (χ1) is 11.0. The van der Waals surface area contributed by atoms with Crippen molar-refractivity contribution in [2.24, 2.45) is 0 Å². The van der Waals surface area contributed by atoms with Gasteiger partial charge in [0.1, 0.15) is 5.76 Å². The summed E-state index contributed by atoms with van der Waals surface area (Å²) in [4.78, 5) is 24.1. The monoisotopic (exact) mass is 339 g/mol. The van der Waals surface area contributed by atoms with Gasteiger partial charge in [-0.2, -0.15) is 0 Å². The summed E-state index contributed by atoms with van der Waals surface area (Å²) in [5.74, 6) is 0.821. The van der Waals surface area contributed by atoms with Crippen molar-refractivity contribution in [3.05, 3.63) is 22.3 Å². The molecule has 126 valence electrons. The third-order valence-electron chi connectivity index (χ3n) is 3.25. The van der Waals surface area contributed by atoms with Crippen molar-refractivity contribution in [1.29, 1.82) is 0 Å². The Morgan fingerprint density at radius 1 is 1.52 bits per heavy atom. The Hall–Kier alpha value is -2.03. The van der Waals surface area contributed by atoms with E-state index < -0.39 is 0 Å². The second kappa shape index (κ2) is 8.00. The van der Waals surface area contributed by atoms with Gasteiger partial charge in [-0.05, 0) is 19.8 Å². The van der Waals surface area contributed by atoms with Gasteiger partial charge in [-0.1, -0.05) is 37.2 Å². The maximum atomic E-state index is 12.4. The van der Waals surface area contributed by atoms with Gasteiger partial charge in [-0.25, -0.2) is 9.89 Å². The molecule has 1 amide bonds. The summed E-state index contributed by atoms with van der Waals surface area (Å²) in [5, 5.41) is 13.1. The van der Waals surface area contributed by atoms with Gasteiger partial charge in [-0.3, -0.25) is 9.36 Å². The molecule has 0 bridgehead atoms. The van der Waals surface area contributed by atoms with E-state index in [0.717, 1.165) is 12.8 Å². The van der Waals surface area contributed by atoms with Gasteiger partial charge in [-0.15, -0.1) is 5.10 Å². The maximum Gasteiger partial charge on any atom is 0.343 e. The fourth-order valence-electron chi connectivity index (χ4n) is 1.99. The van der Waals surface area contributed by atoms with Crippen molar-refractivity contribution in [1.82, 2.24) is 19.9 Å². The number of hydrogen-bond donors (Lipinski definition) is 2. The summed E-state index contributed by atoms with van der Waals surface area (Å²) in [6.07, 6.45) is 2.46. The molecule has 0 saturated heterocycles. The molecule has 0 spiro atoms. The first-order valence-electron chi connectivity index (χ1n) is 7.61. The number of H-pyrrole nitrogens is 1. The number of hydrogen-bond acceptors (Lipinski definition) is 6. The van der Waals surface area contributed by atoms with Gasteiger partial charge in [0.25, 0.3) is 0 Å². The fraction of sp³-hybridized carbons (Fsp3) is 0.571. The number of aryl methyl sites for hydroxylation is 1. The molecule has 23 heavy (non-hydrogen) atoms. The second-order valence-corrected chi connectivity index (χ2v) is 6.31. The predicted octanol–water partition coefficient (Wildman–Crippen LogP) is 2.18. The van der Waals surface area contributed by atoms with E-state index in [1.165, 1.54) is 11.8 Å². The summed E-state index contributed by atoms with van der Waals surface area (Å²) in [6, 6.07) is 1.65. The van der Waals surface area contributed by atoms with Crippen LogP contribution >= 0.6 is 11.8 Å². The van der Waals surface area contributed by atoms with Gasteiger partial charge < -0.3 is 9.84 Å². The molecular formula is C14H21N5O3S. The number of rotatable bonds is 8. The van der Waals surface area contributed by atoms with Crippen LogP contribution in [0.2, 0.25) is 0 Å². The summed E-state index contributed by atoms with van der Waals surface area (Å²) in [7, 11) is 0. The van der Waals surface area contributed by atoms with Crippen molar-refractivity contribution < 1.29 is 9.32 Å². The van der Waals surface area contributed by atoms with Crippen LogP contribution in [-0.2, 0) is 11.3 Å². The van der Waals surface area contributed by atoms with Crippen molar-refractivity contribution in [3.63, 3.8) is 0 Å². The van der Waals surface area contributed by atoms with Crippen LogP contribution in [0.25, 0.3) is 0 Å². The topological polar surface area (TPSA) is 106 Å². The lowest BCUT2D eigenvalue weighted by atomic mass is 10.3. The Kier molecular flexibility index (Phi) is 6.03. The van der Waals surface area contributed by atoms with Gasteiger partial charge >= 0.3 is 5.69 Å². The second-order valence-electron chi connectivity index (χ2n) is 5.14. The quantitative estimate of drug-likeness (QED) is 0.714. The number of nitrogens with one attached hydrogen (secondary N) is 2. The number of aromatic amines is 1. The molecule has 2 aromatic heterocycles. The average molecular weight is 339 g/mol. The molecule has 1 atom stereocenters. The molecule has 2 rings (SSSR count). The molecule has 0 fully saturated rings. The van der Waals surface area contributed by atoms with E-state index in [-0.39, 0.29) is 16.8 Å². The molecule has 2 N–H and O–H groups in total. The Balaban J connectivity index is 2.07. The van der Waals surface area contributed by atoms with Crippen molar-refractivity contribution in [2.75, 3.05) is 5.32 Å². The minimum absolute atomic E-state index is 0.191. The van der Waals surface area contributed by atoms with Crippen LogP contribution in [0.3, 0.4) is 0 Å². The standard InChI is InChI=1S/C14H21N5O3S/c1-4-6-7-19-13(21)16-17-14(19)23-10(5-2)12(20)15-11-8-9(3)22-18-11/h8,10H,4-7H2,1-3H3,(H,16,21)(H,15,18,20)/t10-/m1/s1. The number of thioether (sulfide) groups is 1. The molecule has 0 radical (unpaired) electrons. The summed E-state index contributed by atoms with van der Waals surface area (Å²) < 4.78 is 6.50. The first-order valence-corrected chi connectivity index (χ1v) is 8.49. The van der Waals surface area contributed by atoms with E-state index >= 15 is 0 Å². The van der Waals surface area contributed by atoms with E-state index in [0.29, 0.717) is 29.7 Å². The Morgan fingerprint density at radius 2 is 2.30 bits per heavy atom. The largest absolute Gasteiger partial charge is 0.360 e. The number of carbonyl (C=O) groups excluding carboxylic acids is 1. The molecule has 0 aliphatic carbocycles. The van der Waals surface area contributed by atoms with Gasteiger partial charge in [0.2, 0.25) is 5.91 Å². The maximum absolute atomic E-state index is 12.4. The highest BCUT2D eigenvalue weighted by molar-refractivity contribution is 8.00. The lowest BCUT2D eigenvalue weighted by Crippen LogP contribution is -2.26. The third kappa shape index (κ3) is 4.47. The SMILES string of the molecule is CCCCn1c(S[C@H](CC)C(=O)Nc2cc(C)on2)n[nH]c1=O. The fourth-order valence-corrected chi connectivity index (χ4v) is 2.98. The van der Waals surface area contributed by atoms with Crippen LogP contribution in [-0.4, -0.2) is 31.1 Å². The van der Waals surface area contributed by atoms with E-state index in [2.05, 4.69) is 27.6 Å². The molecular weight excluding hydrogens is 318 g/mol. The van der Waals surface area contributed by atoms with Crippen LogP contribution in [0.1, 0.15) is 38.9 Å². The lowest BCUT2D eigenvalue weighted by molar-refractivity contribution is -0.115. The number of amides is 1. The van der Waals surface area contributed by atoms with E-state index in [9.17, 15) is 9.59 Å². The summed E-state index contributed by atoms with van der Waals surface area (Å²) >= 11 is 1.27. The molecule has 0 aromatic carbocycles. The zero-order valence-corrected chi connectivity index (χ0v) is 14.3. The molecule has 0 aliphatic rings. The Labute approximate surface area is 138 Å². The van der Waals surface area contributed by atoms with Crippen LogP contribution < -0.4 is 11.0 Å². The molecule has 2 aromatic rings.